The Kier molecular flexibility index (Phi) is 2.97. The molecule has 0 spiro atoms. The van der Waals surface area contributed by atoms with E-state index in [4.69, 9.17) is 16.3 Å². The van der Waals surface area contributed by atoms with E-state index in [1.165, 1.54) is 0 Å². The van der Waals surface area contributed by atoms with Crippen LogP contribution in [0.1, 0.15) is 5.69 Å². The molecule has 0 aliphatic carbocycles. The molecule has 0 fully saturated rings. The third-order valence-corrected chi connectivity index (χ3v) is 3.48. The van der Waals surface area contributed by atoms with Gasteiger partial charge in [0, 0.05) is 19.6 Å². The first-order valence-electron chi connectivity index (χ1n) is 5.90. The number of ether oxygens (including phenoxy) is 1. The van der Waals surface area contributed by atoms with Crippen LogP contribution in [-0.4, -0.2) is 23.2 Å². The Labute approximate surface area is 111 Å². The second-order valence-corrected chi connectivity index (χ2v) is 4.56. The summed E-state index contributed by atoms with van der Waals surface area (Å²) in [5.74, 6) is 1.70. The second kappa shape index (κ2) is 4.63. The lowest BCUT2D eigenvalue weighted by Gasteiger charge is -2.18. The molecule has 2 aromatic rings. The van der Waals surface area contributed by atoms with E-state index in [9.17, 15) is 0 Å². The van der Waals surface area contributed by atoms with Gasteiger partial charge in [-0.3, -0.25) is 0 Å². The van der Waals surface area contributed by atoms with Crippen molar-refractivity contribution < 1.29 is 4.74 Å². The van der Waals surface area contributed by atoms with Crippen molar-refractivity contribution in [2.45, 2.75) is 13.1 Å². The molecule has 2 heterocycles. The zero-order chi connectivity index (χ0) is 12.5. The zero-order valence-corrected chi connectivity index (χ0v) is 10.9. The second-order valence-electron chi connectivity index (χ2n) is 4.20. The van der Waals surface area contributed by atoms with Gasteiger partial charge in [-0.2, -0.15) is 0 Å². The molecular weight excluding hydrogens is 250 g/mol. The summed E-state index contributed by atoms with van der Waals surface area (Å²) in [4.78, 5) is 4.48. The Bertz CT molecular complexity index is 580. The van der Waals surface area contributed by atoms with Crippen LogP contribution in [0, 0.1) is 0 Å². The molecule has 0 saturated carbocycles. The number of benzene rings is 1. The number of nitrogens with one attached hydrogen (secondary N) is 1. The average molecular weight is 264 g/mol. The smallest absolute Gasteiger partial charge is 0.152 e. The molecule has 1 aliphatic rings. The maximum Gasteiger partial charge on any atom is 0.152 e. The van der Waals surface area contributed by atoms with Gasteiger partial charge in [-0.15, -0.1) is 0 Å². The predicted molar refractivity (Wildman–Crippen MR) is 70.9 cm³/mol. The van der Waals surface area contributed by atoms with Crippen molar-refractivity contribution in [1.29, 1.82) is 0 Å². The van der Waals surface area contributed by atoms with Gasteiger partial charge < -0.3 is 14.6 Å². The van der Waals surface area contributed by atoms with Gasteiger partial charge in [0.2, 0.25) is 0 Å². The molecule has 4 nitrogen and oxygen atoms in total. The van der Waals surface area contributed by atoms with Crippen molar-refractivity contribution >= 4 is 11.6 Å². The summed E-state index contributed by atoms with van der Waals surface area (Å²) in [7, 11) is 1.67. The van der Waals surface area contributed by atoms with Crippen LogP contribution in [0.3, 0.4) is 0 Å². The van der Waals surface area contributed by atoms with E-state index in [0.717, 1.165) is 42.5 Å². The number of aromatic nitrogens is 2. The van der Waals surface area contributed by atoms with Gasteiger partial charge in [-0.05, 0) is 12.1 Å². The summed E-state index contributed by atoms with van der Waals surface area (Å²) in [5, 5.41) is 3.87. The summed E-state index contributed by atoms with van der Waals surface area (Å²) >= 11 is 6.20. The molecule has 94 valence electrons. The lowest BCUT2D eigenvalue weighted by Crippen LogP contribution is -2.28. The van der Waals surface area contributed by atoms with Crippen molar-refractivity contribution in [1.82, 2.24) is 14.9 Å². The molecule has 0 bridgehead atoms. The molecule has 5 heteroatoms. The monoisotopic (exact) mass is 263 g/mol. The van der Waals surface area contributed by atoms with E-state index in [1.807, 2.05) is 24.3 Å². The van der Waals surface area contributed by atoms with Gasteiger partial charge in [0.25, 0.3) is 0 Å². The third kappa shape index (κ3) is 1.78. The van der Waals surface area contributed by atoms with E-state index in [1.54, 1.807) is 7.11 Å². The van der Waals surface area contributed by atoms with Crippen LogP contribution in [0.2, 0.25) is 5.15 Å². The van der Waals surface area contributed by atoms with Crippen molar-refractivity contribution in [2.75, 3.05) is 13.7 Å². The molecular formula is C13H14ClN3O. The van der Waals surface area contributed by atoms with Gasteiger partial charge in [0.15, 0.2) is 5.15 Å². The van der Waals surface area contributed by atoms with Gasteiger partial charge in [0.05, 0.1) is 18.4 Å². The molecule has 1 aromatic heterocycles. The molecule has 1 aromatic carbocycles. The van der Waals surface area contributed by atoms with Gasteiger partial charge in [0.1, 0.15) is 11.6 Å². The van der Waals surface area contributed by atoms with Crippen LogP contribution >= 0.6 is 11.6 Å². The Morgan fingerprint density at radius 3 is 3.06 bits per heavy atom. The number of fused-ring (bicyclic) bond motifs is 1. The Morgan fingerprint density at radius 2 is 2.22 bits per heavy atom. The fourth-order valence-corrected chi connectivity index (χ4v) is 2.55. The maximum absolute atomic E-state index is 6.20. The highest BCUT2D eigenvalue weighted by atomic mass is 35.5. The van der Waals surface area contributed by atoms with E-state index < -0.39 is 0 Å². The third-order valence-electron chi connectivity index (χ3n) is 3.18. The highest BCUT2D eigenvalue weighted by molar-refractivity contribution is 6.30. The number of methoxy groups -OCH3 is 1. The van der Waals surface area contributed by atoms with Crippen LogP contribution in [0.25, 0.3) is 11.4 Å². The molecule has 0 atom stereocenters. The first-order chi connectivity index (χ1) is 8.81. The van der Waals surface area contributed by atoms with Gasteiger partial charge >= 0.3 is 0 Å². The van der Waals surface area contributed by atoms with E-state index in [0.29, 0.717) is 5.15 Å². The van der Waals surface area contributed by atoms with Gasteiger partial charge in [-0.25, -0.2) is 4.98 Å². The molecule has 0 saturated heterocycles. The molecule has 18 heavy (non-hydrogen) atoms. The average Bonchev–Trinajstić information content (AvgIpc) is 2.77. The Hall–Kier alpha value is -1.52. The number of nitrogens with zero attached hydrogens (tertiary/aromatic N) is 2. The number of hydrogen-bond acceptors (Lipinski definition) is 3. The van der Waals surface area contributed by atoms with Crippen LogP contribution in [0.5, 0.6) is 5.75 Å². The lowest BCUT2D eigenvalue weighted by molar-refractivity contribution is 0.415. The van der Waals surface area contributed by atoms with E-state index in [-0.39, 0.29) is 0 Å². The lowest BCUT2D eigenvalue weighted by atomic mass is 10.2. The topological polar surface area (TPSA) is 39.1 Å². The summed E-state index contributed by atoms with van der Waals surface area (Å²) in [6.45, 7) is 2.57. The minimum Gasteiger partial charge on any atom is -0.496 e. The fraction of sp³-hybridized carbons (Fsp3) is 0.308. The zero-order valence-electron chi connectivity index (χ0n) is 10.1. The highest BCUT2D eigenvalue weighted by Gasteiger charge is 2.21. The first-order valence-corrected chi connectivity index (χ1v) is 6.28. The van der Waals surface area contributed by atoms with Crippen LogP contribution < -0.4 is 10.1 Å². The molecule has 1 N–H and O–H groups in total. The van der Waals surface area contributed by atoms with Crippen LogP contribution in [0.4, 0.5) is 0 Å². The quantitative estimate of drug-likeness (QED) is 0.904. The fourth-order valence-electron chi connectivity index (χ4n) is 2.30. The van der Waals surface area contributed by atoms with E-state index in [2.05, 4.69) is 14.9 Å². The molecule has 3 rings (SSSR count). The van der Waals surface area contributed by atoms with Crippen molar-refractivity contribution in [3.8, 4) is 17.1 Å². The number of imidazole rings is 1. The highest BCUT2D eigenvalue weighted by Crippen LogP contribution is 2.32. The Balaban J connectivity index is 2.17. The number of halogens is 1. The van der Waals surface area contributed by atoms with Crippen LogP contribution in [0.15, 0.2) is 24.3 Å². The SMILES string of the molecule is COc1ccccc1-c1nc(Cl)c2n1CCNC2. The Morgan fingerprint density at radius 1 is 1.39 bits per heavy atom. The normalized spacial score (nSPS) is 14.3. The standard InChI is InChI=1S/C13H14ClN3O/c1-18-11-5-3-2-4-9(11)13-16-12(14)10-8-15-6-7-17(10)13/h2-5,15H,6-8H2,1H3. The molecule has 0 radical (unpaired) electrons. The summed E-state index contributed by atoms with van der Waals surface area (Å²) < 4.78 is 7.55. The van der Waals surface area contributed by atoms with Crippen molar-refractivity contribution in [3.05, 3.63) is 35.1 Å². The van der Waals surface area contributed by atoms with Gasteiger partial charge in [-0.1, -0.05) is 23.7 Å². The minimum absolute atomic E-state index is 0.572. The van der Waals surface area contributed by atoms with Crippen LogP contribution in [-0.2, 0) is 13.1 Å². The largest absolute Gasteiger partial charge is 0.496 e. The molecule has 0 unspecified atom stereocenters. The summed E-state index contributed by atoms with van der Waals surface area (Å²) in [5.41, 5.74) is 2.03. The number of rotatable bonds is 2. The molecule has 0 amide bonds. The number of para-hydroxylation sites is 1. The molecule has 1 aliphatic heterocycles. The van der Waals surface area contributed by atoms with Crippen molar-refractivity contribution in [2.24, 2.45) is 0 Å². The summed E-state index contributed by atoms with van der Waals surface area (Å²) in [6.07, 6.45) is 0. The number of hydrogen-bond donors (Lipinski definition) is 1. The first kappa shape index (κ1) is 11.6. The summed E-state index contributed by atoms with van der Waals surface area (Å²) in [6, 6.07) is 7.87. The van der Waals surface area contributed by atoms with Crippen molar-refractivity contribution in [3.63, 3.8) is 0 Å². The predicted octanol–water partition coefficient (Wildman–Crippen LogP) is 2.32. The minimum atomic E-state index is 0.572. The maximum atomic E-state index is 6.20. The van der Waals surface area contributed by atoms with E-state index >= 15 is 0 Å².